The number of carbonyl (C=O) groups excluding carboxylic acids is 1. The van der Waals surface area contributed by atoms with Gasteiger partial charge in [0.1, 0.15) is 52.8 Å². The van der Waals surface area contributed by atoms with Crippen molar-refractivity contribution in [1.29, 1.82) is 0 Å². The molecule has 0 bridgehead atoms. The van der Waals surface area contributed by atoms with Gasteiger partial charge in [0, 0.05) is 115 Å². The van der Waals surface area contributed by atoms with Crippen molar-refractivity contribution in [3.63, 3.8) is 0 Å². The monoisotopic (exact) mass is 1740 g/mol. The zero-order valence-corrected chi connectivity index (χ0v) is 64.2. The number of fused-ring (bicyclic) bond motifs is 1. The Balaban J connectivity index is 0.000000614. The molecule has 24 nitrogen and oxygen atoms in total. The van der Waals surface area contributed by atoms with Gasteiger partial charge in [-0.3, -0.25) is 34.4 Å². The molecule has 4 aliphatic rings. The zero-order chi connectivity index (χ0) is 71.9. The Morgan fingerprint density at radius 2 is 1.12 bits per heavy atom. The predicted molar refractivity (Wildman–Crippen MR) is 391 cm³/mol. The molecule has 0 radical (unpaired) electrons. The molecule has 4 aliphatic heterocycles. The number of carbonyl (C=O) groups is 1. The zero-order valence-electron chi connectivity index (χ0n) is 55.5. The van der Waals surface area contributed by atoms with Gasteiger partial charge in [0.2, 0.25) is 6.54 Å². The summed E-state index contributed by atoms with van der Waals surface area (Å²) in [6.45, 7) is 12.8. The van der Waals surface area contributed by atoms with Crippen LogP contribution < -0.4 is 21.2 Å². The van der Waals surface area contributed by atoms with Gasteiger partial charge in [-0.15, -0.1) is 0 Å². The number of aryl methyl sites for hydroxylation is 2. The van der Waals surface area contributed by atoms with E-state index < -0.39 is 78.1 Å². The van der Waals surface area contributed by atoms with E-state index in [-0.39, 0.29) is 99.6 Å². The van der Waals surface area contributed by atoms with Crippen molar-refractivity contribution in [2.45, 2.75) is 97.1 Å². The van der Waals surface area contributed by atoms with Gasteiger partial charge in [0.05, 0.1) is 80.2 Å². The van der Waals surface area contributed by atoms with Crippen LogP contribution in [0.2, 0.25) is 13.6 Å². The quantitative estimate of drug-likeness (QED) is 0.00835. The van der Waals surface area contributed by atoms with Crippen LogP contribution in [0.1, 0.15) is 84.1 Å². The third-order valence-corrected chi connectivity index (χ3v) is 13.5. The van der Waals surface area contributed by atoms with Crippen LogP contribution in [0.15, 0.2) is 83.6 Å². The van der Waals surface area contributed by atoms with E-state index in [2.05, 4.69) is 76.5 Å². The molecule has 6 heterocycles. The van der Waals surface area contributed by atoms with Crippen LogP contribution in [0, 0.1) is 66.8 Å². The topological polar surface area (TPSA) is 295 Å². The summed E-state index contributed by atoms with van der Waals surface area (Å²) >= 11 is 4.74. The fourth-order valence-corrected chi connectivity index (χ4v) is 9.84. The van der Waals surface area contributed by atoms with Gasteiger partial charge in [0.25, 0.3) is 5.70 Å². The van der Waals surface area contributed by atoms with E-state index in [0.717, 1.165) is 78.0 Å². The average molecular weight is 1740 g/mol. The minimum atomic E-state index is -0.790. The SMILES string of the molecule is CB(O)N[C@@H](C)c1nn(C)c(-c2cc(F)cc(F)c2)c1CC1OCCO1.CN/N=C/[C@H](C)NB(C)O.C[C@@H]1NCCc2c1nn(C)c2-c1cc(F)cc(F)c1.O=Cc1cc(F)cc(F)c1.O=[N+]([O-])/C(=C/c1cc(F)cc(F)c1)CC1OCCO1.O=[N+]([O-])CCC1OCCO1.S.S.S.[I][V][I]. The molecule has 4 aromatic carbocycles. The summed E-state index contributed by atoms with van der Waals surface area (Å²) < 4.78 is 139. The predicted octanol–water partition coefficient (Wildman–Crippen LogP) is 10.1. The van der Waals surface area contributed by atoms with E-state index in [4.69, 9.17) is 33.4 Å². The Labute approximate surface area is 624 Å². The van der Waals surface area contributed by atoms with Gasteiger partial charge in [-0.1, -0.05) is 0 Å². The summed E-state index contributed by atoms with van der Waals surface area (Å²) in [5, 5.41) is 61.2. The molecule has 0 saturated carbocycles. The van der Waals surface area contributed by atoms with E-state index >= 15 is 0 Å². The summed E-state index contributed by atoms with van der Waals surface area (Å²) in [7, 11) is 4.67. The second-order valence-corrected chi connectivity index (χ2v) is 33.1. The number of nitrogens with zero attached hydrogens (tertiary/aromatic N) is 7. The molecule has 6 N–H and O–H groups in total. The van der Waals surface area contributed by atoms with Gasteiger partial charge >= 0.3 is 63.5 Å². The number of aromatic nitrogens is 4. The van der Waals surface area contributed by atoms with Gasteiger partial charge < -0.3 is 59.7 Å². The van der Waals surface area contributed by atoms with Crippen LogP contribution in [0.25, 0.3) is 28.6 Å². The minimum absolute atomic E-state index is 0. The number of ether oxygens (including phenoxy) is 6. The number of nitro groups is 2. The second-order valence-electron chi connectivity index (χ2n) is 21.4. The first-order chi connectivity index (χ1) is 46.0. The Hall–Kier alpha value is -4.80. The van der Waals surface area contributed by atoms with Gasteiger partial charge in [-0.25, -0.2) is 35.1 Å². The van der Waals surface area contributed by atoms with Gasteiger partial charge in [0.15, 0.2) is 18.9 Å². The normalized spacial score (nSPS) is 15.3. The van der Waals surface area contributed by atoms with Crippen molar-refractivity contribution < 1.29 is 97.7 Å². The first-order valence-corrected chi connectivity index (χ1v) is 38.9. The van der Waals surface area contributed by atoms with Gasteiger partial charge in [-0.2, -0.15) is 55.8 Å². The van der Waals surface area contributed by atoms with E-state index in [9.17, 15) is 65.2 Å². The summed E-state index contributed by atoms with van der Waals surface area (Å²) in [5.41, 5.74) is 8.32. The number of hydrazone groups is 1. The number of hydrogen-bond donors (Lipinski definition) is 6. The molecule has 3 saturated heterocycles. The Morgan fingerprint density at radius 1 is 0.700 bits per heavy atom. The summed E-state index contributed by atoms with van der Waals surface area (Å²) in [5.74, 6) is -5.48. The summed E-state index contributed by atoms with van der Waals surface area (Å²) in [4.78, 5) is 29.7. The molecule has 0 aliphatic carbocycles. The molecule has 3 fully saturated rings. The number of benzene rings is 4. The standard InChI is InChI=1S/C17H22BF2N3O3.C14H15F2N3.C12H11F2NO4.C7H4F2O.C5H14BN3O.C5H9NO4.2HI.3H2S.V/c1-10(21-18(2)24)16-14(9-15-25-4-5-26-15)17(23(3)22-16)11-6-12(19)8-13(20)7-11;1-8-13-12(3-4-17-8)14(19(2)18-13)9-5-10(15)7-11(16)6-9;13-9-3-8(4-10(14)6-9)5-11(15(16)17)7-12-18-1-2-19-12;8-6-1-5(4-10)2-7(9)3-6;1-5(4-8-7-3)9-6(2)10;7-6(8)2-1-5-9-3-4-10-5;;;;;;/h6-8,10,15,21,24H,4-5,9H2,1-3H3;5-8,17H,3-4H2,1-2H3;3-6,12H,1-2,7H2;1-4H;4-5,7,9-10H,1-3H3;5H,1-4H2;2*1H;3*1H2;/q;;;;;;;;;;;+2/p-2/b;;11-5+;;8-4+;;;;;;;/t10-;8-;;;5-;;;;;;;/m00..0......./s1. The molecule has 40 heteroatoms. The molecule has 6 aromatic rings. The Morgan fingerprint density at radius 3 is 1.55 bits per heavy atom. The van der Waals surface area contributed by atoms with Crippen LogP contribution in [0.4, 0.5) is 35.1 Å². The molecule has 3 atom stereocenters. The van der Waals surface area contributed by atoms with Crippen LogP contribution in [-0.2, 0) is 64.8 Å². The van der Waals surface area contributed by atoms with Crippen molar-refractivity contribution in [3.05, 3.63) is 179 Å². The number of nitrogens with one attached hydrogen (secondary N) is 4. The number of hydrogen-bond acceptors (Lipinski definition) is 20. The van der Waals surface area contributed by atoms with Crippen LogP contribution in [0.5, 0.6) is 0 Å². The third-order valence-electron chi connectivity index (χ3n) is 13.5. The molecule has 0 unspecified atom stereocenters. The van der Waals surface area contributed by atoms with E-state index in [0.29, 0.717) is 103 Å². The van der Waals surface area contributed by atoms with Crippen molar-refractivity contribution in [3.8, 4) is 22.5 Å². The van der Waals surface area contributed by atoms with Crippen molar-refractivity contribution in [2.75, 3.05) is 59.8 Å². The first kappa shape index (κ1) is 93.2. The van der Waals surface area contributed by atoms with Crippen LogP contribution >= 0.6 is 80.4 Å². The first-order valence-electron chi connectivity index (χ1n) is 29.9. The molecule has 2 aromatic heterocycles. The van der Waals surface area contributed by atoms with Crippen LogP contribution in [-0.4, -0.2) is 151 Å². The summed E-state index contributed by atoms with van der Waals surface area (Å²) in [6, 6.07) is 12.3. The second kappa shape index (κ2) is 49.0. The molecule has 10 rings (SSSR count). The Kier molecular flexibility index (Phi) is 45.7. The number of rotatable bonds is 19. The number of aldehydes is 1. The summed E-state index contributed by atoms with van der Waals surface area (Å²) in [6.07, 6.45) is 3.21. The van der Waals surface area contributed by atoms with Gasteiger partial charge in [-0.05, 0) is 101 Å². The molecule has 0 amide bonds. The third kappa shape index (κ3) is 33.8. The molecule has 100 heavy (non-hydrogen) atoms. The van der Waals surface area contributed by atoms with E-state index in [1.165, 1.54) is 24.3 Å². The Bertz CT molecular complexity index is 3460. The maximum absolute atomic E-state index is 13.8. The fraction of sp³-hybridized carbons (Fsp3) is 0.433. The molecule has 0 spiro atoms. The van der Waals surface area contributed by atoms with Crippen LogP contribution in [0.3, 0.4) is 0 Å². The van der Waals surface area contributed by atoms with Crippen molar-refractivity contribution in [1.82, 2.24) is 40.8 Å². The average Bonchev–Trinajstić information content (AvgIpc) is 1.63. The molecule has 553 valence electrons. The van der Waals surface area contributed by atoms with E-state index in [1.54, 1.807) is 43.3 Å². The number of halogens is 10. The molecular formula is C60H81B2F8I2N11O13S3V. The van der Waals surface area contributed by atoms with Crippen molar-refractivity contribution >= 4 is 113 Å². The van der Waals surface area contributed by atoms with E-state index in [1.807, 2.05) is 27.8 Å². The molecular weight excluding hydrogens is 1660 g/mol. The van der Waals surface area contributed by atoms with Crippen molar-refractivity contribution in [2.24, 2.45) is 19.2 Å². The maximum atomic E-state index is 13.8. The fourth-order valence-electron chi connectivity index (χ4n) is 9.84.